The van der Waals surface area contributed by atoms with Crippen molar-refractivity contribution < 1.29 is 14.7 Å². The number of carbonyl (C=O) groups excluding carboxylic acids is 1. The summed E-state index contributed by atoms with van der Waals surface area (Å²) in [6.07, 6.45) is 2.57. The normalized spacial score (nSPS) is 25.4. The molecule has 1 aromatic heterocycles. The van der Waals surface area contributed by atoms with Crippen molar-refractivity contribution in [1.82, 2.24) is 4.98 Å². The predicted molar refractivity (Wildman–Crippen MR) is 78.6 cm³/mol. The summed E-state index contributed by atoms with van der Waals surface area (Å²) in [6.45, 7) is 1.96. The van der Waals surface area contributed by atoms with E-state index < -0.39 is 17.8 Å². The van der Waals surface area contributed by atoms with E-state index in [1.165, 1.54) is 6.20 Å². The van der Waals surface area contributed by atoms with Crippen LogP contribution in [0, 0.1) is 17.8 Å². The topological polar surface area (TPSA) is 79.3 Å². The van der Waals surface area contributed by atoms with Crippen LogP contribution in [-0.2, 0) is 9.59 Å². The molecule has 7 heteroatoms. The molecular formula is C13H14BrClN2O3. The van der Waals surface area contributed by atoms with Crippen LogP contribution < -0.4 is 5.32 Å². The summed E-state index contributed by atoms with van der Waals surface area (Å²) in [6, 6.07) is 1.64. The summed E-state index contributed by atoms with van der Waals surface area (Å²) in [4.78, 5) is 27.3. The number of carbonyl (C=O) groups is 2. The molecule has 0 aromatic carbocycles. The molecular weight excluding hydrogens is 348 g/mol. The fraction of sp³-hybridized carbons (Fsp3) is 0.462. The minimum atomic E-state index is -0.912. The minimum Gasteiger partial charge on any atom is -0.481 e. The number of carboxylic acid groups (broad SMARTS) is 1. The standard InChI is InChI=1S/C13H14BrClN2O3/c1-6-2-8(9(3-6)13(19)20)12(18)17-7-4-10(14)11(15)16-5-7/h4-6,8-9H,2-3H2,1H3,(H,17,18)(H,19,20)/t6?,8-,9+/m0/s1. The first-order valence-corrected chi connectivity index (χ1v) is 7.40. The van der Waals surface area contributed by atoms with Crippen molar-refractivity contribution in [2.45, 2.75) is 19.8 Å². The van der Waals surface area contributed by atoms with Crippen molar-refractivity contribution >= 4 is 45.1 Å². The highest BCUT2D eigenvalue weighted by molar-refractivity contribution is 9.10. The Labute approximate surface area is 129 Å². The molecule has 20 heavy (non-hydrogen) atoms. The molecule has 1 fully saturated rings. The van der Waals surface area contributed by atoms with Crippen LogP contribution in [0.4, 0.5) is 5.69 Å². The average molecular weight is 362 g/mol. The van der Waals surface area contributed by atoms with Crippen molar-refractivity contribution in [2.75, 3.05) is 5.32 Å². The SMILES string of the molecule is CC1C[C@H](C(=O)Nc2cnc(Cl)c(Br)c2)[C@H](C(=O)O)C1. The van der Waals surface area contributed by atoms with E-state index in [0.717, 1.165) is 0 Å². The first kappa shape index (κ1) is 15.3. The molecule has 2 N–H and O–H groups in total. The number of aliphatic carboxylic acids is 1. The number of nitrogens with zero attached hydrogens (tertiary/aromatic N) is 1. The van der Waals surface area contributed by atoms with Gasteiger partial charge in [-0.05, 0) is 40.8 Å². The van der Waals surface area contributed by atoms with Gasteiger partial charge in [-0.3, -0.25) is 9.59 Å². The lowest BCUT2D eigenvalue weighted by molar-refractivity contribution is -0.145. The summed E-state index contributed by atoms with van der Waals surface area (Å²) in [7, 11) is 0. The average Bonchev–Trinajstić information content (AvgIpc) is 2.76. The van der Waals surface area contributed by atoms with Crippen LogP contribution in [0.5, 0.6) is 0 Å². The number of carboxylic acids is 1. The second-order valence-corrected chi connectivity index (χ2v) is 6.33. The van der Waals surface area contributed by atoms with Crippen LogP contribution in [0.1, 0.15) is 19.8 Å². The Morgan fingerprint density at radius 3 is 2.70 bits per heavy atom. The van der Waals surface area contributed by atoms with Crippen molar-refractivity contribution in [3.63, 3.8) is 0 Å². The van der Waals surface area contributed by atoms with E-state index in [9.17, 15) is 14.7 Å². The third-order valence-corrected chi connectivity index (χ3v) is 4.65. The van der Waals surface area contributed by atoms with Gasteiger partial charge in [-0.15, -0.1) is 0 Å². The third kappa shape index (κ3) is 3.30. The zero-order chi connectivity index (χ0) is 14.9. The van der Waals surface area contributed by atoms with Crippen LogP contribution in [0.3, 0.4) is 0 Å². The van der Waals surface area contributed by atoms with Gasteiger partial charge in [0, 0.05) is 0 Å². The number of hydrogen-bond acceptors (Lipinski definition) is 3. The Morgan fingerprint density at radius 1 is 1.45 bits per heavy atom. The van der Waals surface area contributed by atoms with Gasteiger partial charge in [-0.1, -0.05) is 18.5 Å². The van der Waals surface area contributed by atoms with Gasteiger partial charge >= 0.3 is 5.97 Å². The van der Waals surface area contributed by atoms with E-state index in [1.54, 1.807) is 6.07 Å². The molecule has 1 amide bonds. The lowest BCUT2D eigenvalue weighted by Gasteiger charge is -2.15. The van der Waals surface area contributed by atoms with Crippen molar-refractivity contribution in [3.8, 4) is 0 Å². The summed E-state index contributed by atoms with van der Waals surface area (Å²) in [5, 5.41) is 12.2. The Hall–Kier alpha value is -1.14. The molecule has 0 bridgehead atoms. The Kier molecular flexibility index (Phi) is 4.65. The Morgan fingerprint density at radius 2 is 2.10 bits per heavy atom. The maximum absolute atomic E-state index is 12.2. The molecule has 0 spiro atoms. The number of nitrogens with one attached hydrogen (secondary N) is 1. The van der Waals surface area contributed by atoms with E-state index in [2.05, 4.69) is 26.2 Å². The Balaban J connectivity index is 2.11. The van der Waals surface area contributed by atoms with Gasteiger partial charge < -0.3 is 10.4 Å². The molecule has 0 saturated heterocycles. The number of pyridine rings is 1. The quantitative estimate of drug-likeness (QED) is 0.810. The number of aromatic nitrogens is 1. The number of rotatable bonds is 3. The first-order chi connectivity index (χ1) is 9.38. The van der Waals surface area contributed by atoms with Crippen LogP contribution in [0.25, 0.3) is 0 Å². The maximum atomic E-state index is 12.2. The van der Waals surface area contributed by atoms with Crippen LogP contribution in [0.2, 0.25) is 5.15 Å². The van der Waals surface area contributed by atoms with Crippen LogP contribution >= 0.6 is 27.5 Å². The Bertz CT molecular complexity index is 552. The second-order valence-electron chi connectivity index (χ2n) is 5.11. The largest absolute Gasteiger partial charge is 0.481 e. The number of halogens is 2. The highest BCUT2D eigenvalue weighted by Gasteiger charge is 2.41. The molecule has 1 saturated carbocycles. The predicted octanol–water partition coefficient (Wildman–Crippen LogP) is 3.18. The van der Waals surface area contributed by atoms with Gasteiger partial charge in [0.25, 0.3) is 0 Å². The molecule has 1 heterocycles. The van der Waals surface area contributed by atoms with E-state index in [-0.39, 0.29) is 11.8 Å². The van der Waals surface area contributed by atoms with Crippen molar-refractivity contribution in [3.05, 3.63) is 21.9 Å². The first-order valence-electron chi connectivity index (χ1n) is 6.23. The van der Waals surface area contributed by atoms with Gasteiger partial charge in [-0.25, -0.2) is 4.98 Å². The van der Waals surface area contributed by atoms with E-state index in [0.29, 0.717) is 28.2 Å². The summed E-state index contributed by atoms with van der Waals surface area (Å²) < 4.78 is 0.576. The van der Waals surface area contributed by atoms with E-state index >= 15 is 0 Å². The van der Waals surface area contributed by atoms with Gasteiger partial charge in [0.2, 0.25) is 5.91 Å². The zero-order valence-corrected chi connectivity index (χ0v) is 13.1. The molecule has 1 aliphatic carbocycles. The summed E-state index contributed by atoms with van der Waals surface area (Å²) in [5.41, 5.74) is 0.495. The molecule has 108 valence electrons. The molecule has 0 radical (unpaired) electrons. The van der Waals surface area contributed by atoms with E-state index in [4.69, 9.17) is 11.6 Å². The summed E-state index contributed by atoms with van der Waals surface area (Å²) >= 11 is 9.00. The van der Waals surface area contributed by atoms with Crippen LogP contribution in [0.15, 0.2) is 16.7 Å². The van der Waals surface area contributed by atoms with Crippen molar-refractivity contribution in [2.24, 2.45) is 17.8 Å². The van der Waals surface area contributed by atoms with Gasteiger partial charge in [0.15, 0.2) is 0 Å². The number of amides is 1. The summed E-state index contributed by atoms with van der Waals surface area (Å²) in [5.74, 6) is -2.07. The number of hydrogen-bond donors (Lipinski definition) is 2. The zero-order valence-electron chi connectivity index (χ0n) is 10.8. The van der Waals surface area contributed by atoms with Crippen molar-refractivity contribution in [1.29, 1.82) is 0 Å². The molecule has 5 nitrogen and oxygen atoms in total. The smallest absolute Gasteiger partial charge is 0.307 e. The molecule has 1 unspecified atom stereocenters. The number of anilines is 1. The molecule has 1 aromatic rings. The lowest BCUT2D eigenvalue weighted by atomic mass is 9.95. The van der Waals surface area contributed by atoms with Gasteiger partial charge in [-0.2, -0.15) is 0 Å². The maximum Gasteiger partial charge on any atom is 0.307 e. The van der Waals surface area contributed by atoms with Crippen LogP contribution in [-0.4, -0.2) is 22.0 Å². The van der Waals surface area contributed by atoms with Gasteiger partial charge in [0.1, 0.15) is 5.15 Å². The second kappa shape index (κ2) is 6.10. The molecule has 3 atom stereocenters. The van der Waals surface area contributed by atoms with E-state index in [1.807, 2.05) is 6.92 Å². The third-order valence-electron chi connectivity index (χ3n) is 3.52. The highest BCUT2D eigenvalue weighted by atomic mass is 79.9. The molecule has 1 aliphatic rings. The molecule has 2 rings (SSSR count). The fourth-order valence-electron chi connectivity index (χ4n) is 2.58. The lowest BCUT2D eigenvalue weighted by Crippen LogP contribution is -2.30. The van der Waals surface area contributed by atoms with Gasteiger partial charge in [0.05, 0.1) is 28.2 Å². The molecule has 0 aliphatic heterocycles. The fourth-order valence-corrected chi connectivity index (χ4v) is 3.03. The minimum absolute atomic E-state index is 0.238. The highest BCUT2D eigenvalue weighted by Crippen LogP contribution is 2.37. The monoisotopic (exact) mass is 360 g/mol.